The lowest BCUT2D eigenvalue weighted by Crippen LogP contribution is -2.34. The Hall–Kier alpha value is -1.73. The Morgan fingerprint density at radius 1 is 0.944 bits per heavy atom. The van der Waals surface area contributed by atoms with E-state index in [0.29, 0.717) is 0 Å². The maximum absolute atomic E-state index is 12.5. The van der Waals surface area contributed by atoms with Gasteiger partial charge in [0.2, 0.25) is 5.92 Å². The second-order valence-electron chi connectivity index (χ2n) is 3.66. The Kier molecular flexibility index (Phi) is 2.75. The molecule has 0 fully saturated rings. The molecule has 2 aromatic rings. The van der Waals surface area contributed by atoms with Gasteiger partial charge in [-0.1, -0.05) is 12.1 Å². The molecule has 0 radical (unpaired) electrons. The van der Waals surface area contributed by atoms with Crippen LogP contribution >= 0.6 is 0 Å². The fraction of sp³-hybridized carbons (Fsp3) is 0.300. The van der Waals surface area contributed by atoms with Gasteiger partial charge in [-0.15, -0.1) is 0 Å². The molecule has 0 amide bonds. The van der Waals surface area contributed by atoms with Crippen LogP contribution in [-0.2, 0) is 0 Å². The van der Waals surface area contributed by atoms with Crippen molar-refractivity contribution in [2.45, 2.75) is 18.3 Å². The van der Waals surface area contributed by atoms with Gasteiger partial charge in [0.1, 0.15) is 5.82 Å². The van der Waals surface area contributed by atoms with E-state index in [4.69, 9.17) is 0 Å². The molecular weight excluding hydrogens is 262 g/mol. The molecule has 18 heavy (non-hydrogen) atoms. The van der Waals surface area contributed by atoms with Crippen LogP contribution in [0.3, 0.4) is 0 Å². The summed E-state index contributed by atoms with van der Waals surface area (Å²) in [7, 11) is 0. The standard InChI is InChI=1S/C10H6F6N2/c11-9(12,13)7(10(14,15)16)8-17-5-3-1-2-4-6(5)18-8/h1-4,7H,(H,17,18). The van der Waals surface area contributed by atoms with E-state index in [0.717, 1.165) is 0 Å². The van der Waals surface area contributed by atoms with Crippen molar-refractivity contribution in [3.05, 3.63) is 30.1 Å². The van der Waals surface area contributed by atoms with Gasteiger partial charge >= 0.3 is 12.4 Å². The number of H-pyrrole nitrogens is 1. The number of fused-ring (bicyclic) bond motifs is 1. The summed E-state index contributed by atoms with van der Waals surface area (Å²) in [6.07, 6.45) is -10.9. The van der Waals surface area contributed by atoms with Crippen LogP contribution in [0.4, 0.5) is 26.3 Å². The summed E-state index contributed by atoms with van der Waals surface area (Å²) in [5, 5.41) is 0. The predicted octanol–water partition coefficient (Wildman–Crippen LogP) is 3.77. The molecule has 1 aromatic heterocycles. The van der Waals surface area contributed by atoms with Crippen LogP contribution in [0.5, 0.6) is 0 Å². The second-order valence-corrected chi connectivity index (χ2v) is 3.66. The zero-order valence-electron chi connectivity index (χ0n) is 8.60. The van der Waals surface area contributed by atoms with E-state index < -0.39 is 24.1 Å². The minimum Gasteiger partial charge on any atom is -0.341 e. The molecule has 1 N–H and O–H groups in total. The van der Waals surface area contributed by atoms with Gasteiger partial charge in [0.05, 0.1) is 11.0 Å². The van der Waals surface area contributed by atoms with E-state index >= 15 is 0 Å². The fourth-order valence-corrected chi connectivity index (χ4v) is 1.60. The normalized spacial score (nSPS) is 13.5. The van der Waals surface area contributed by atoms with Crippen LogP contribution in [0.1, 0.15) is 11.7 Å². The van der Waals surface area contributed by atoms with Crippen molar-refractivity contribution in [2.24, 2.45) is 0 Å². The minimum absolute atomic E-state index is 0.0611. The number of alkyl halides is 6. The number of nitrogens with zero attached hydrogens (tertiary/aromatic N) is 1. The molecule has 0 spiro atoms. The Morgan fingerprint density at radius 2 is 1.50 bits per heavy atom. The number of hydrogen-bond donors (Lipinski definition) is 1. The third kappa shape index (κ3) is 2.27. The summed E-state index contributed by atoms with van der Waals surface area (Å²) in [5.41, 5.74) is 0.192. The molecule has 0 bridgehead atoms. The summed E-state index contributed by atoms with van der Waals surface area (Å²) >= 11 is 0. The van der Waals surface area contributed by atoms with Crippen LogP contribution in [0.2, 0.25) is 0 Å². The first kappa shape index (κ1) is 12.7. The van der Waals surface area contributed by atoms with Gasteiger partial charge in [0, 0.05) is 0 Å². The van der Waals surface area contributed by atoms with Crippen LogP contribution in [0.15, 0.2) is 24.3 Å². The largest absolute Gasteiger partial charge is 0.407 e. The smallest absolute Gasteiger partial charge is 0.341 e. The first-order valence-electron chi connectivity index (χ1n) is 4.77. The molecule has 0 unspecified atom stereocenters. The van der Waals surface area contributed by atoms with E-state index in [1.54, 1.807) is 0 Å². The van der Waals surface area contributed by atoms with Gasteiger partial charge in [-0.25, -0.2) is 4.98 Å². The van der Waals surface area contributed by atoms with E-state index in [1.807, 2.05) is 0 Å². The number of aromatic amines is 1. The van der Waals surface area contributed by atoms with E-state index in [9.17, 15) is 26.3 Å². The van der Waals surface area contributed by atoms with Crippen molar-refractivity contribution < 1.29 is 26.3 Å². The highest BCUT2D eigenvalue weighted by molar-refractivity contribution is 5.74. The van der Waals surface area contributed by atoms with Gasteiger partial charge in [-0.2, -0.15) is 26.3 Å². The monoisotopic (exact) mass is 268 g/mol. The number of benzene rings is 1. The molecule has 2 nitrogen and oxygen atoms in total. The number of aromatic nitrogens is 2. The zero-order chi connectivity index (χ0) is 13.6. The molecule has 2 rings (SSSR count). The number of halogens is 6. The van der Waals surface area contributed by atoms with Gasteiger partial charge in [0.25, 0.3) is 0 Å². The highest BCUT2D eigenvalue weighted by Gasteiger charge is 2.59. The molecule has 0 saturated heterocycles. The average molecular weight is 268 g/mol. The summed E-state index contributed by atoms with van der Waals surface area (Å²) < 4.78 is 74.7. The SMILES string of the molecule is FC(F)(F)C(c1nc2ccccc2[nH]1)C(F)(F)F. The molecule has 1 heterocycles. The van der Waals surface area contributed by atoms with Gasteiger partial charge in [0.15, 0.2) is 0 Å². The van der Waals surface area contributed by atoms with Crippen LogP contribution in [-0.4, -0.2) is 22.3 Å². The molecule has 0 aliphatic carbocycles. The lowest BCUT2D eigenvalue weighted by molar-refractivity contribution is -0.255. The molecule has 8 heteroatoms. The van der Waals surface area contributed by atoms with Crippen molar-refractivity contribution in [1.82, 2.24) is 9.97 Å². The fourth-order valence-electron chi connectivity index (χ4n) is 1.60. The molecular formula is C10H6F6N2. The minimum atomic E-state index is -5.44. The summed E-state index contributed by atoms with van der Waals surface area (Å²) in [5.74, 6) is -4.74. The van der Waals surface area contributed by atoms with Crippen molar-refractivity contribution in [3.8, 4) is 0 Å². The number of hydrogen-bond acceptors (Lipinski definition) is 1. The van der Waals surface area contributed by atoms with Crippen molar-refractivity contribution in [1.29, 1.82) is 0 Å². The van der Waals surface area contributed by atoms with Gasteiger partial charge in [-0.05, 0) is 12.1 Å². The van der Waals surface area contributed by atoms with Crippen LogP contribution in [0.25, 0.3) is 11.0 Å². The average Bonchev–Trinajstić information content (AvgIpc) is 2.54. The van der Waals surface area contributed by atoms with E-state index in [2.05, 4.69) is 9.97 Å². The first-order chi connectivity index (χ1) is 8.19. The highest BCUT2D eigenvalue weighted by atomic mass is 19.4. The third-order valence-electron chi connectivity index (χ3n) is 2.34. The molecule has 0 saturated carbocycles. The zero-order valence-corrected chi connectivity index (χ0v) is 8.60. The first-order valence-corrected chi connectivity index (χ1v) is 4.77. The lowest BCUT2D eigenvalue weighted by atomic mass is 10.1. The third-order valence-corrected chi connectivity index (χ3v) is 2.34. The van der Waals surface area contributed by atoms with Gasteiger partial charge in [-0.3, -0.25) is 0 Å². The molecule has 0 aliphatic heterocycles. The Labute approximate surface area is 96.6 Å². The van der Waals surface area contributed by atoms with Crippen molar-refractivity contribution >= 4 is 11.0 Å². The topological polar surface area (TPSA) is 28.7 Å². The van der Waals surface area contributed by atoms with Crippen molar-refractivity contribution in [3.63, 3.8) is 0 Å². The Morgan fingerprint density at radius 3 is 2.00 bits per heavy atom. The van der Waals surface area contributed by atoms with Crippen LogP contribution < -0.4 is 0 Å². The molecule has 1 aromatic carbocycles. The Balaban J connectivity index is 2.55. The summed E-state index contributed by atoms with van der Waals surface area (Å²) in [6.45, 7) is 0. The Bertz CT molecular complexity index is 506. The molecule has 0 aliphatic rings. The number of imidazole rings is 1. The lowest BCUT2D eigenvalue weighted by Gasteiger charge is -2.20. The summed E-state index contributed by atoms with van der Waals surface area (Å²) in [6, 6.07) is 5.65. The number of rotatable bonds is 1. The maximum Gasteiger partial charge on any atom is 0.407 e. The number of nitrogens with one attached hydrogen (secondary N) is 1. The highest BCUT2D eigenvalue weighted by Crippen LogP contribution is 2.45. The quantitative estimate of drug-likeness (QED) is 0.783. The van der Waals surface area contributed by atoms with Gasteiger partial charge < -0.3 is 4.98 Å². The molecule has 98 valence electrons. The predicted molar refractivity (Wildman–Crippen MR) is 50.9 cm³/mol. The number of para-hydroxylation sites is 2. The summed E-state index contributed by atoms with van der Waals surface area (Å²) in [4.78, 5) is 5.41. The van der Waals surface area contributed by atoms with E-state index in [1.165, 1.54) is 24.3 Å². The van der Waals surface area contributed by atoms with Crippen LogP contribution in [0, 0.1) is 0 Å². The second kappa shape index (κ2) is 3.89. The molecule has 0 atom stereocenters. The van der Waals surface area contributed by atoms with E-state index in [-0.39, 0.29) is 11.0 Å². The maximum atomic E-state index is 12.5. The van der Waals surface area contributed by atoms with Crippen molar-refractivity contribution in [2.75, 3.05) is 0 Å².